The zero-order valence-corrected chi connectivity index (χ0v) is 17.7. The summed E-state index contributed by atoms with van der Waals surface area (Å²) in [6.07, 6.45) is 6.50. The van der Waals surface area contributed by atoms with Crippen molar-refractivity contribution in [2.75, 3.05) is 18.4 Å². The molecule has 0 bridgehead atoms. The third-order valence-corrected chi connectivity index (χ3v) is 6.61. The van der Waals surface area contributed by atoms with Gasteiger partial charge in [-0.1, -0.05) is 36.4 Å². The molecule has 0 unspecified atom stereocenters. The Balaban J connectivity index is 1.42. The van der Waals surface area contributed by atoms with Crippen LogP contribution in [0.4, 0.5) is 10.9 Å². The maximum absolute atomic E-state index is 12.8. The van der Waals surface area contributed by atoms with Crippen molar-refractivity contribution in [3.8, 4) is 0 Å². The number of piperidine rings is 1. The fourth-order valence-electron chi connectivity index (χ4n) is 4.18. The van der Waals surface area contributed by atoms with Crippen molar-refractivity contribution in [3.63, 3.8) is 0 Å². The average Bonchev–Trinajstić information content (AvgIpc) is 3.53. The predicted octanol–water partition coefficient (Wildman–Crippen LogP) is 4.23. The van der Waals surface area contributed by atoms with Gasteiger partial charge in [0.25, 0.3) is 5.91 Å². The number of anilines is 2. The van der Waals surface area contributed by atoms with Gasteiger partial charge < -0.3 is 15.2 Å². The summed E-state index contributed by atoms with van der Waals surface area (Å²) < 4.78 is 0. The Morgan fingerprint density at radius 2 is 1.90 bits per heavy atom. The fourth-order valence-corrected chi connectivity index (χ4v) is 5.00. The second-order valence-corrected chi connectivity index (χ2v) is 8.44. The first-order valence-corrected chi connectivity index (χ1v) is 11.1. The largest absolute Gasteiger partial charge is 0.341 e. The monoisotopic (exact) mass is 430 g/mol. The first-order valence-electron chi connectivity index (χ1n) is 10.2. The Morgan fingerprint density at radius 1 is 1.10 bits per heavy atom. The molecule has 8 heteroatoms. The van der Waals surface area contributed by atoms with Crippen LogP contribution in [0.15, 0.2) is 72.6 Å². The summed E-state index contributed by atoms with van der Waals surface area (Å²) in [6, 6.07) is 16.3. The molecule has 4 heterocycles. The smallest absolute Gasteiger partial charge is 0.271 e. The predicted molar refractivity (Wildman–Crippen MR) is 121 cm³/mol. The SMILES string of the molecule is O=C(c1cnc[nH]1)N1CCC(c2ccccc2)(c2csc(Nc3ccccn3)n2)CC1. The van der Waals surface area contributed by atoms with Crippen LogP contribution in [-0.2, 0) is 5.41 Å². The van der Waals surface area contributed by atoms with Crippen LogP contribution in [-0.4, -0.2) is 43.8 Å². The number of nitrogens with zero attached hydrogens (tertiary/aromatic N) is 4. The van der Waals surface area contributed by atoms with E-state index in [1.165, 1.54) is 11.9 Å². The standard InChI is InChI=1S/C23H22N6OS/c30-21(18-14-24-16-26-18)29-12-9-23(10-13-29,17-6-2-1-3-7-17)19-15-31-22(27-19)28-20-8-4-5-11-25-20/h1-8,11,14-16H,9-10,12-13H2,(H,24,26)(H,25,27,28). The van der Waals surface area contributed by atoms with E-state index in [2.05, 4.69) is 49.9 Å². The lowest BCUT2D eigenvalue weighted by Gasteiger charge is -2.41. The lowest BCUT2D eigenvalue weighted by Crippen LogP contribution is -2.46. The molecule has 31 heavy (non-hydrogen) atoms. The topological polar surface area (TPSA) is 86.8 Å². The minimum absolute atomic E-state index is 0.00468. The number of rotatable bonds is 5. The molecule has 2 N–H and O–H groups in total. The lowest BCUT2D eigenvalue weighted by atomic mass is 9.70. The van der Waals surface area contributed by atoms with E-state index >= 15 is 0 Å². The molecule has 0 saturated carbocycles. The van der Waals surface area contributed by atoms with Gasteiger partial charge in [0.15, 0.2) is 5.13 Å². The van der Waals surface area contributed by atoms with Crippen molar-refractivity contribution in [1.29, 1.82) is 0 Å². The van der Waals surface area contributed by atoms with Crippen molar-refractivity contribution >= 4 is 28.2 Å². The van der Waals surface area contributed by atoms with Crippen LogP contribution in [0.1, 0.15) is 34.6 Å². The van der Waals surface area contributed by atoms with Gasteiger partial charge in [-0.25, -0.2) is 15.0 Å². The number of hydrogen-bond acceptors (Lipinski definition) is 6. The van der Waals surface area contributed by atoms with Crippen LogP contribution in [0.5, 0.6) is 0 Å². The maximum Gasteiger partial charge on any atom is 0.271 e. The molecule has 156 valence electrons. The van der Waals surface area contributed by atoms with E-state index in [1.807, 2.05) is 29.2 Å². The number of likely N-dealkylation sites (tertiary alicyclic amines) is 1. The zero-order chi connectivity index (χ0) is 21.1. The number of aromatic amines is 1. The number of carbonyl (C=O) groups is 1. The quantitative estimate of drug-likeness (QED) is 0.495. The first kappa shape index (κ1) is 19.4. The Kier molecular flexibility index (Phi) is 5.21. The molecule has 1 aliphatic heterocycles. The summed E-state index contributed by atoms with van der Waals surface area (Å²) in [4.78, 5) is 30.8. The van der Waals surface area contributed by atoms with Crippen LogP contribution in [0.3, 0.4) is 0 Å². The summed E-state index contributed by atoms with van der Waals surface area (Å²) in [7, 11) is 0. The van der Waals surface area contributed by atoms with Gasteiger partial charge in [-0.3, -0.25) is 4.79 Å². The van der Waals surface area contributed by atoms with E-state index in [1.54, 1.807) is 23.7 Å². The number of nitrogens with one attached hydrogen (secondary N) is 2. The Labute approximate surface area is 184 Å². The molecule has 0 radical (unpaired) electrons. The van der Waals surface area contributed by atoms with Crippen molar-refractivity contribution in [1.82, 2.24) is 24.8 Å². The van der Waals surface area contributed by atoms with Gasteiger partial charge in [0.1, 0.15) is 11.5 Å². The fraction of sp³-hybridized carbons (Fsp3) is 0.217. The van der Waals surface area contributed by atoms with Crippen LogP contribution in [0.2, 0.25) is 0 Å². The number of H-pyrrole nitrogens is 1. The Bertz CT molecular complexity index is 1140. The molecule has 1 aliphatic rings. The number of benzene rings is 1. The lowest BCUT2D eigenvalue weighted by molar-refractivity contribution is 0.0679. The molecule has 7 nitrogen and oxygen atoms in total. The molecule has 1 fully saturated rings. The van der Waals surface area contributed by atoms with E-state index in [9.17, 15) is 4.79 Å². The molecular formula is C23H22N6OS. The van der Waals surface area contributed by atoms with E-state index < -0.39 is 0 Å². The van der Waals surface area contributed by atoms with E-state index in [-0.39, 0.29) is 11.3 Å². The van der Waals surface area contributed by atoms with Crippen LogP contribution in [0.25, 0.3) is 0 Å². The van der Waals surface area contributed by atoms with Crippen molar-refractivity contribution in [2.24, 2.45) is 0 Å². The highest BCUT2D eigenvalue weighted by Gasteiger charge is 2.41. The molecule has 1 amide bonds. The molecule has 3 aromatic heterocycles. The summed E-state index contributed by atoms with van der Waals surface area (Å²) >= 11 is 1.58. The van der Waals surface area contributed by atoms with Crippen LogP contribution < -0.4 is 5.32 Å². The molecular weight excluding hydrogens is 408 g/mol. The normalized spacial score (nSPS) is 15.5. The first-order chi connectivity index (χ1) is 15.2. The molecule has 0 atom stereocenters. The van der Waals surface area contributed by atoms with Crippen LogP contribution in [0, 0.1) is 0 Å². The van der Waals surface area contributed by atoms with Crippen molar-refractivity contribution in [3.05, 3.63) is 89.6 Å². The van der Waals surface area contributed by atoms with E-state index in [4.69, 9.17) is 4.98 Å². The third kappa shape index (κ3) is 3.82. The summed E-state index contributed by atoms with van der Waals surface area (Å²) in [5, 5.41) is 6.25. The minimum Gasteiger partial charge on any atom is -0.341 e. The number of hydrogen-bond donors (Lipinski definition) is 2. The maximum atomic E-state index is 12.8. The number of pyridine rings is 1. The van der Waals surface area contributed by atoms with Gasteiger partial charge >= 0.3 is 0 Å². The molecule has 0 aliphatic carbocycles. The summed E-state index contributed by atoms with van der Waals surface area (Å²) in [5.74, 6) is 0.770. The minimum atomic E-state index is -0.230. The Morgan fingerprint density at radius 3 is 2.61 bits per heavy atom. The zero-order valence-electron chi connectivity index (χ0n) is 16.9. The van der Waals surface area contributed by atoms with Gasteiger partial charge in [-0.05, 0) is 30.5 Å². The average molecular weight is 431 g/mol. The second-order valence-electron chi connectivity index (χ2n) is 7.58. The third-order valence-electron chi connectivity index (χ3n) is 5.85. The highest BCUT2D eigenvalue weighted by molar-refractivity contribution is 7.13. The molecule has 1 aromatic carbocycles. The highest BCUT2D eigenvalue weighted by atomic mass is 32.1. The van der Waals surface area contributed by atoms with Crippen molar-refractivity contribution in [2.45, 2.75) is 18.3 Å². The van der Waals surface area contributed by atoms with Gasteiger partial charge in [-0.2, -0.15) is 0 Å². The number of carbonyl (C=O) groups excluding carboxylic acids is 1. The number of imidazole rings is 1. The summed E-state index contributed by atoms with van der Waals surface area (Å²) in [6.45, 7) is 1.32. The van der Waals surface area contributed by atoms with Crippen molar-refractivity contribution < 1.29 is 4.79 Å². The van der Waals surface area contributed by atoms with Gasteiger partial charge in [-0.15, -0.1) is 11.3 Å². The van der Waals surface area contributed by atoms with E-state index in [0.29, 0.717) is 18.8 Å². The Hall–Kier alpha value is -3.52. The van der Waals surface area contributed by atoms with Gasteiger partial charge in [0.05, 0.1) is 18.2 Å². The molecule has 5 rings (SSSR count). The summed E-state index contributed by atoms with van der Waals surface area (Å²) in [5.41, 5.74) is 2.57. The molecule has 4 aromatic rings. The molecule has 1 saturated heterocycles. The number of amides is 1. The second kappa shape index (κ2) is 8.31. The number of aromatic nitrogens is 4. The van der Waals surface area contributed by atoms with Gasteiger partial charge in [0.2, 0.25) is 0 Å². The highest BCUT2D eigenvalue weighted by Crippen LogP contribution is 2.43. The number of thiazole rings is 1. The molecule has 0 spiro atoms. The van der Waals surface area contributed by atoms with Crippen LogP contribution >= 0.6 is 11.3 Å². The van der Waals surface area contributed by atoms with Gasteiger partial charge in [0, 0.05) is 30.1 Å². The van der Waals surface area contributed by atoms with E-state index in [0.717, 1.165) is 29.5 Å².